The standard InChI is InChI=1S/C29H47N3O7/c1-8-9-10-11-12-13-17-32(27(36)24(20(2)3)31-28(37)39-29(4,5)6)25(21-15-14-16-22(33)18-21)26(35)30-19-23(34)38-7/h14-16,18,20,24-25,33H,8-13,17,19H2,1-7H3,(H,30,35)(H,31,37). The van der Waals surface area contributed by atoms with E-state index in [1.54, 1.807) is 46.8 Å². The lowest BCUT2D eigenvalue weighted by Crippen LogP contribution is -2.55. The lowest BCUT2D eigenvalue weighted by molar-refractivity contribution is -0.145. The first-order valence-corrected chi connectivity index (χ1v) is 13.7. The molecule has 3 amide bonds. The van der Waals surface area contributed by atoms with Gasteiger partial charge in [0.2, 0.25) is 11.8 Å². The SMILES string of the molecule is CCCCCCCCN(C(=O)C(NC(=O)OC(C)(C)C)C(C)C)C(C(=O)NCC(=O)OC)c1cccc(O)c1. The first kappa shape index (κ1) is 33.7. The molecule has 10 heteroatoms. The minimum Gasteiger partial charge on any atom is -0.508 e. The number of esters is 1. The topological polar surface area (TPSA) is 134 Å². The molecule has 0 heterocycles. The van der Waals surface area contributed by atoms with Gasteiger partial charge in [0.25, 0.3) is 0 Å². The molecule has 0 spiro atoms. The van der Waals surface area contributed by atoms with Crippen molar-refractivity contribution in [2.75, 3.05) is 20.2 Å². The van der Waals surface area contributed by atoms with Crippen LogP contribution in [0.15, 0.2) is 24.3 Å². The third kappa shape index (κ3) is 12.4. The number of nitrogens with one attached hydrogen (secondary N) is 2. The van der Waals surface area contributed by atoms with Crippen LogP contribution in [0.25, 0.3) is 0 Å². The lowest BCUT2D eigenvalue weighted by Gasteiger charge is -2.35. The molecule has 0 radical (unpaired) electrons. The summed E-state index contributed by atoms with van der Waals surface area (Å²) in [6, 6.07) is 3.95. The van der Waals surface area contributed by atoms with Gasteiger partial charge in [0.05, 0.1) is 7.11 Å². The molecule has 39 heavy (non-hydrogen) atoms. The van der Waals surface area contributed by atoms with Crippen LogP contribution in [0, 0.1) is 5.92 Å². The monoisotopic (exact) mass is 549 g/mol. The van der Waals surface area contributed by atoms with Gasteiger partial charge in [0, 0.05) is 6.54 Å². The molecule has 220 valence electrons. The predicted octanol–water partition coefficient (Wildman–Crippen LogP) is 4.46. The van der Waals surface area contributed by atoms with Crippen molar-refractivity contribution in [1.29, 1.82) is 0 Å². The smallest absolute Gasteiger partial charge is 0.408 e. The Morgan fingerprint density at radius 3 is 2.23 bits per heavy atom. The summed E-state index contributed by atoms with van der Waals surface area (Å²) in [5.74, 6) is -2.10. The molecule has 0 fully saturated rings. The zero-order valence-corrected chi connectivity index (χ0v) is 24.5. The molecule has 0 saturated carbocycles. The second-order valence-electron chi connectivity index (χ2n) is 11.0. The van der Waals surface area contributed by atoms with E-state index >= 15 is 0 Å². The van der Waals surface area contributed by atoms with Crippen LogP contribution in [-0.4, -0.2) is 65.7 Å². The van der Waals surface area contributed by atoms with E-state index in [9.17, 15) is 24.3 Å². The molecular weight excluding hydrogens is 502 g/mol. The Kier molecular flexibility index (Phi) is 14.4. The highest BCUT2D eigenvalue weighted by molar-refractivity contribution is 5.93. The maximum absolute atomic E-state index is 14.1. The summed E-state index contributed by atoms with van der Waals surface area (Å²) in [5.41, 5.74) is -0.387. The molecule has 0 saturated heterocycles. The highest BCUT2D eigenvalue weighted by Gasteiger charge is 2.37. The molecule has 2 unspecified atom stereocenters. The number of methoxy groups -OCH3 is 1. The fourth-order valence-electron chi connectivity index (χ4n) is 4.05. The van der Waals surface area contributed by atoms with Crippen molar-refractivity contribution in [3.05, 3.63) is 29.8 Å². The first-order valence-electron chi connectivity index (χ1n) is 13.7. The molecule has 1 aromatic carbocycles. The van der Waals surface area contributed by atoms with E-state index in [2.05, 4.69) is 22.3 Å². The van der Waals surface area contributed by atoms with Crippen molar-refractivity contribution in [2.45, 2.75) is 97.8 Å². The Bertz CT molecular complexity index is 943. The van der Waals surface area contributed by atoms with Gasteiger partial charge in [-0.3, -0.25) is 14.4 Å². The van der Waals surface area contributed by atoms with Crippen LogP contribution in [0.5, 0.6) is 5.75 Å². The van der Waals surface area contributed by atoms with Gasteiger partial charge in [0.15, 0.2) is 0 Å². The van der Waals surface area contributed by atoms with E-state index in [4.69, 9.17) is 4.74 Å². The average molecular weight is 550 g/mol. The van der Waals surface area contributed by atoms with Gasteiger partial charge in [-0.2, -0.15) is 0 Å². The summed E-state index contributed by atoms with van der Waals surface area (Å²) < 4.78 is 10.0. The van der Waals surface area contributed by atoms with Crippen molar-refractivity contribution in [2.24, 2.45) is 5.92 Å². The molecule has 3 N–H and O–H groups in total. The highest BCUT2D eigenvalue weighted by Crippen LogP contribution is 2.27. The third-order valence-electron chi connectivity index (χ3n) is 6.02. The van der Waals surface area contributed by atoms with Gasteiger partial charge < -0.3 is 30.1 Å². The number of nitrogens with zero attached hydrogens (tertiary/aromatic N) is 1. The maximum Gasteiger partial charge on any atom is 0.408 e. The second-order valence-corrected chi connectivity index (χ2v) is 11.0. The van der Waals surface area contributed by atoms with E-state index < -0.39 is 41.6 Å². The molecule has 0 bridgehead atoms. The highest BCUT2D eigenvalue weighted by atomic mass is 16.6. The molecule has 2 atom stereocenters. The van der Waals surface area contributed by atoms with Crippen LogP contribution in [0.4, 0.5) is 4.79 Å². The Morgan fingerprint density at radius 2 is 1.67 bits per heavy atom. The number of hydrogen-bond acceptors (Lipinski definition) is 7. The van der Waals surface area contributed by atoms with Gasteiger partial charge in [-0.05, 0) is 50.8 Å². The number of ether oxygens (including phenoxy) is 2. The first-order chi connectivity index (χ1) is 18.3. The largest absolute Gasteiger partial charge is 0.508 e. The molecule has 10 nitrogen and oxygen atoms in total. The molecule has 1 aromatic rings. The molecule has 0 aliphatic carbocycles. The Morgan fingerprint density at radius 1 is 1.03 bits per heavy atom. The number of amides is 3. The zero-order valence-electron chi connectivity index (χ0n) is 24.5. The van der Waals surface area contributed by atoms with Gasteiger partial charge in [0.1, 0.15) is 30.0 Å². The molecule has 1 rings (SSSR count). The Labute approximate surface area is 232 Å². The van der Waals surface area contributed by atoms with Crippen molar-refractivity contribution in [1.82, 2.24) is 15.5 Å². The number of rotatable bonds is 15. The number of phenols is 1. The number of hydrogen-bond donors (Lipinski definition) is 3. The fourth-order valence-corrected chi connectivity index (χ4v) is 4.05. The van der Waals surface area contributed by atoms with E-state index in [-0.39, 0.29) is 24.8 Å². The van der Waals surface area contributed by atoms with Gasteiger partial charge in [-0.1, -0.05) is 65.0 Å². The normalized spacial score (nSPS) is 12.8. The summed E-state index contributed by atoms with van der Waals surface area (Å²) in [5, 5.41) is 15.4. The number of carbonyl (C=O) groups excluding carboxylic acids is 4. The van der Waals surface area contributed by atoms with Crippen molar-refractivity contribution >= 4 is 23.9 Å². The molecule has 0 aliphatic heterocycles. The van der Waals surface area contributed by atoms with Crippen LogP contribution in [0.1, 0.15) is 91.7 Å². The number of alkyl carbamates (subject to hydrolysis) is 1. The second kappa shape index (κ2) is 16.6. The molecular formula is C29H47N3O7. The summed E-state index contributed by atoms with van der Waals surface area (Å²) in [7, 11) is 1.21. The molecule has 0 aliphatic rings. The lowest BCUT2D eigenvalue weighted by atomic mass is 9.98. The summed E-state index contributed by atoms with van der Waals surface area (Å²) >= 11 is 0. The van der Waals surface area contributed by atoms with Crippen LogP contribution >= 0.6 is 0 Å². The van der Waals surface area contributed by atoms with Crippen molar-refractivity contribution in [3.63, 3.8) is 0 Å². The van der Waals surface area contributed by atoms with Crippen LogP contribution in [0.2, 0.25) is 0 Å². The fraction of sp³-hybridized carbons (Fsp3) is 0.655. The van der Waals surface area contributed by atoms with Gasteiger partial charge in [-0.15, -0.1) is 0 Å². The number of carbonyl (C=O) groups is 4. The zero-order chi connectivity index (χ0) is 29.6. The average Bonchev–Trinajstić information content (AvgIpc) is 2.85. The number of aromatic hydroxyl groups is 1. The van der Waals surface area contributed by atoms with Crippen molar-refractivity contribution in [3.8, 4) is 5.75 Å². The van der Waals surface area contributed by atoms with Crippen molar-refractivity contribution < 1.29 is 33.8 Å². The van der Waals surface area contributed by atoms with Crippen LogP contribution in [-0.2, 0) is 23.9 Å². The number of benzene rings is 1. The quantitative estimate of drug-likeness (QED) is 0.217. The predicted molar refractivity (Wildman–Crippen MR) is 149 cm³/mol. The number of unbranched alkanes of at least 4 members (excludes halogenated alkanes) is 5. The molecule has 0 aromatic heterocycles. The minimum atomic E-state index is -1.16. The van der Waals surface area contributed by atoms with E-state index in [0.717, 1.165) is 32.1 Å². The number of phenolic OH excluding ortho intramolecular Hbond substituents is 1. The van der Waals surface area contributed by atoms with Crippen LogP contribution in [0.3, 0.4) is 0 Å². The summed E-state index contributed by atoms with van der Waals surface area (Å²) in [6.07, 6.45) is 5.05. The van der Waals surface area contributed by atoms with E-state index in [1.807, 2.05) is 0 Å². The van der Waals surface area contributed by atoms with Crippen LogP contribution < -0.4 is 10.6 Å². The summed E-state index contributed by atoms with van der Waals surface area (Å²) in [4.78, 5) is 53.4. The van der Waals surface area contributed by atoms with E-state index in [1.165, 1.54) is 24.1 Å². The Balaban J connectivity index is 3.41. The van der Waals surface area contributed by atoms with Gasteiger partial charge >= 0.3 is 12.1 Å². The Hall–Kier alpha value is -3.30. The van der Waals surface area contributed by atoms with Gasteiger partial charge in [-0.25, -0.2) is 4.79 Å². The minimum absolute atomic E-state index is 0.0717. The van der Waals surface area contributed by atoms with E-state index in [0.29, 0.717) is 12.0 Å². The summed E-state index contributed by atoms with van der Waals surface area (Å²) in [6.45, 7) is 10.8. The third-order valence-corrected chi connectivity index (χ3v) is 6.02. The maximum atomic E-state index is 14.1.